The lowest BCUT2D eigenvalue weighted by molar-refractivity contribution is -0.139. The van der Waals surface area contributed by atoms with E-state index in [9.17, 15) is 9.18 Å². The molecule has 0 bridgehead atoms. The molecule has 2 heterocycles. The standard InChI is InChI=1S/C29H33FN2O4/c1-18(2)13-25(31)27(33)16-22-14-20(28-17-34-29(3,4)36-28)15-26(32-22)19-5-9-23(10-6-19)35-24-11-7-21(30)8-12-24/h5-12,14-15,18,25,28H,13,16-17,31H2,1-4H3/t25-,28+/m0/s1. The molecule has 1 fully saturated rings. The first-order valence-corrected chi connectivity index (χ1v) is 12.2. The molecule has 0 saturated carbocycles. The van der Waals surface area contributed by atoms with Gasteiger partial charge in [-0.3, -0.25) is 9.78 Å². The van der Waals surface area contributed by atoms with Gasteiger partial charge >= 0.3 is 0 Å². The van der Waals surface area contributed by atoms with Crippen LogP contribution in [0.2, 0.25) is 0 Å². The van der Waals surface area contributed by atoms with Gasteiger partial charge in [0, 0.05) is 11.3 Å². The first-order valence-electron chi connectivity index (χ1n) is 12.2. The van der Waals surface area contributed by atoms with Crippen molar-refractivity contribution >= 4 is 5.78 Å². The van der Waals surface area contributed by atoms with E-state index < -0.39 is 11.8 Å². The number of hydrogen-bond acceptors (Lipinski definition) is 6. The second-order valence-electron chi connectivity index (χ2n) is 10.1. The minimum Gasteiger partial charge on any atom is -0.457 e. The molecule has 1 aromatic heterocycles. The highest BCUT2D eigenvalue weighted by atomic mass is 19.1. The number of pyridine rings is 1. The number of ether oxygens (including phenoxy) is 3. The van der Waals surface area contributed by atoms with E-state index in [1.165, 1.54) is 12.1 Å². The fourth-order valence-corrected chi connectivity index (χ4v) is 4.17. The lowest BCUT2D eigenvalue weighted by atomic mass is 9.97. The van der Waals surface area contributed by atoms with Gasteiger partial charge < -0.3 is 19.9 Å². The molecule has 0 amide bonds. The molecule has 2 N–H and O–H groups in total. The number of halogens is 1. The molecule has 1 aliphatic rings. The third-order valence-corrected chi connectivity index (χ3v) is 5.97. The quantitative estimate of drug-likeness (QED) is 0.395. The van der Waals surface area contributed by atoms with Crippen LogP contribution in [0.15, 0.2) is 60.7 Å². The van der Waals surface area contributed by atoms with Crippen molar-refractivity contribution in [1.29, 1.82) is 0 Å². The lowest BCUT2D eigenvalue weighted by Crippen LogP contribution is -2.33. The van der Waals surface area contributed by atoms with Crippen molar-refractivity contribution in [2.75, 3.05) is 6.61 Å². The zero-order chi connectivity index (χ0) is 25.9. The van der Waals surface area contributed by atoms with Gasteiger partial charge in [0.25, 0.3) is 0 Å². The summed E-state index contributed by atoms with van der Waals surface area (Å²) in [4.78, 5) is 17.6. The first-order chi connectivity index (χ1) is 17.1. The number of nitrogens with zero attached hydrogens (tertiary/aromatic N) is 1. The van der Waals surface area contributed by atoms with Gasteiger partial charge in [0.2, 0.25) is 0 Å². The summed E-state index contributed by atoms with van der Waals surface area (Å²) in [5.41, 5.74) is 9.27. The molecule has 2 aromatic carbocycles. The highest BCUT2D eigenvalue weighted by Crippen LogP contribution is 2.35. The highest BCUT2D eigenvalue weighted by Gasteiger charge is 2.34. The van der Waals surface area contributed by atoms with E-state index in [0.29, 0.717) is 36.1 Å². The van der Waals surface area contributed by atoms with Gasteiger partial charge in [0.1, 0.15) is 23.4 Å². The zero-order valence-electron chi connectivity index (χ0n) is 21.2. The van der Waals surface area contributed by atoms with Gasteiger partial charge in [0.05, 0.1) is 24.8 Å². The van der Waals surface area contributed by atoms with E-state index in [4.69, 9.17) is 24.9 Å². The van der Waals surface area contributed by atoms with Crippen LogP contribution in [-0.2, 0) is 20.7 Å². The smallest absolute Gasteiger partial charge is 0.163 e. The van der Waals surface area contributed by atoms with Crippen LogP contribution < -0.4 is 10.5 Å². The molecule has 190 valence electrons. The predicted octanol–water partition coefficient (Wildman–Crippen LogP) is 5.99. The third-order valence-electron chi connectivity index (χ3n) is 5.97. The highest BCUT2D eigenvalue weighted by molar-refractivity contribution is 5.85. The van der Waals surface area contributed by atoms with Gasteiger partial charge in [-0.15, -0.1) is 0 Å². The molecule has 6 nitrogen and oxygen atoms in total. The second-order valence-corrected chi connectivity index (χ2v) is 10.1. The maximum Gasteiger partial charge on any atom is 0.163 e. The second kappa shape index (κ2) is 10.9. The van der Waals surface area contributed by atoms with E-state index >= 15 is 0 Å². The Balaban J connectivity index is 1.59. The number of carbonyl (C=O) groups excluding carboxylic acids is 1. The first kappa shape index (κ1) is 25.9. The van der Waals surface area contributed by atoms with Crippen molar-refractivity contribution in [3.05, 3.63) is 77.7 Å². The number of benzene rings is 2. The van der Waals surface area contributed by atoms with Gasteiger partial charge in [-0.1, -0.05) is 13.8 Å². The van der Waals surface area contributed by atoms with Crippen LogP contribution in [0.5, 0.6) is 11.5 Å². The van der Waals surface area contributed by atoms with Gasteiger partial charge in [-0.05, 0) is 92.4 Å². The Morgan fingerprint density at radius 1 is 1.11 bits per heavy atom. The number of aromatic nitrogens is 1. The average Bonchev–Trinajstić information content (AvgIpc) is 3.20. The Bertz CT molecular complexity index is 1190. The van der Waals surface area contributed by atoms with E-state index in [2.05, 4.69) is 0 Å². The largest absolute Gasteiger partial charge is 0.457 e. The Labute approximate surface area is 211 Å². The number of carbonyl (C=O) groups is 1. The van der Waals surface area contributed by atoms with Gasteiger partial charge in [-0.25, -0.2) is 4.39 Å². The minimum absolute atomic E-state index is 0.0359. The summed E-state index contributed by atoms with van der Waals surface area (Å²) in [5.74, 6) is 0.466. The van der Waals surface area contributed by atoms with Crippen LogP contribution >= 0.6 is 0 Å². The summed E-state index contributed by atoms with van der Waals surface area (Å²) in [6.45, 7) is 8.27. The van der Waals surface area contributed by atoms with E-state index in [1.807, 2.05) is 64.1 Å². The molecule has 4 rings (SSSR count). The maximum atomic E-state index is 13.2. The van der Waals surface area contributed by atoms with Crippen molar-refractivity contribution in [3.63, 3.8) is 0 Å². The van der Waals surface area contributed by atoms with Crippen LogP contribution in [-0.4, -0.2) is 29.2 Å². The van der Waals surface area contributed by atoms with Gasteiger partial charge in [0.15, 0.2) is 11.6 Å². The molecule has 0 radical (unpaired) electrons. The molecular formula is C29H33FN2O4. The minimum atomic E-state index is -0.678. The molecule has 0 unspecified atom stereocenters. The van der Waals surface area contributed by atoms with Crippen LogP contribution in [0.1, 0.15) is 51.5 Å². The van der Waals surface area contributed by atoms with Crippen LogP contribution in [0.4, 0.5) is 4.39 Å². The average molecular weight is 493 g/mol. The van der Waals surface area contributed by atoms with E-state index in [0.717, 1.165) is 16.8 Å². The molecule has 2 atom stereocenters. The Morgan fingerprint density at radius 2 is 1.75 bits per heavy atom. The molecule has 36 heavy (non-hydrogen) atoms. The topological polar surface area (TPSA) is 83.7 Å². The Hall–Kier alpha value is -3.13. The van der Waals surface area contributed by atoms with Crippen LogP contribution in [0, 0.1) is 11.7 Å². The molecular weight excluding hydrogens is 459 g/mol. The lowest BCUT2D eigenvalue weighted by Gasteiger charge is -2.18. The van der Waals surface area contributed by atoms with Crippen molar-refractivity contribution in [2.45, 2.75) is 58.5 Å². The fraction of sp³-hybridized carbons (Fsp3) is 0.379. The van der Waals surface area contributed by atoms with Crippen molar-refractivity contribution < 1.29 is 23.4 Å². The summed E-state index contributed by atoms with van der Waals surface area (Å²) < 4.78 is 30.8. The maximum absolute atomic E-state index is 13.2. The van der Waals surface area contributed by atoms with Crippen LogP contribution in [0.25, 0.3) is 11.3 Å². The van der Waals surface area contributed by atoms with Gasteiger partial charge in [-0.2, -0.15) is 0 Å². The normalized spacial score (nSPS) is 17.8. The number of hydrogen-bond donors (Lipinski definition) is 1. The summed E-state index contributed by atoms with van der Waals surface area (Å²) in [5, 5.41) is 0. The summed E-state index contributed by atoms with van der Waals surface area (Å²) in [6.07, 6.45) is 0.521. The third kappa shape index (κ3) is 6.75. The van der Waals surface area contributed by atoms with Crippen molar-refractivity contribution in [2.24, 2.45) is 11.7 Å². The van der Waals surface area contributed by atoms with E-state index in [-0.39, 0.29) is 24.1 Å². The van der Waals surface area contributed by atoms with Crippen molar-refractivity contribution in [1.82, 2.24) is 4.98 Å². The number of Topliss-reactive ketones (excluding diaryl/α,β-unsaturated/α-hetero) is 1. The molecule has 3 aromatic rings. The molecule has 0 aliphatic carbocycles. The Kier molecular flexibility index (Phi) is 7.83. The number of nitrogens with two attached hydrogens (primary N) is 1. The molecule has 1 aliphatic heterocycles. The Morgan fingerprint density at radius 3 is 2.33 bits per heavy atom. The van der Waals surface area contributed by atoms with E-state index in [1.54, 1.807) is 12.1 Å². The van der Waals surface area contributed by atoms with Crippen LogP contribution in [0.3, 0.4) is 0 Å². The number of ketones is 1. The molecule has 0 spiro atoms. The molecule has 1 saturated heterocycles. The summed E-state index contributed by atoms with van der Waals surface area (Å²) >= 11 is 0. The van der Waals surface area contributed by atoms with Crippen molar-refractivity contribution in [3.8, 4) is 22.8 Å². The summed E-state index contributed by atoms with van der Waals surface area (Å²) in [7, 11) is 0. The fourth-order valence-electron chi connectivity index (χ4n) is 4.17. The SMILES string of the molecule is CC(C)C[C@H](N)C(=O)Cc1cc([C@H]2COC(C)(C)O2)cc(-c2ccc(Oc3ccc(F)cc3)cc2)n1. The summed E-state index contributed by atoms with van der Waals surface area (Å²) in [6, 6.07) is 16.7. The predicted molar refractivity (Wildman–Crippen MR) is 136 cm³/mol. The monoisotopic (exact) mass is 492 g/mol. The number of rotatable bonds is 9. The zero-order valence-corrected chi connectivity index (χ0v) is 21.2. The molecule has 7 heteroatoms.